The molecule has 0 amide bonds. The second kappa shape index (κ2) is 6.15. The van der Waals surface area contributed by atoms with Gasteiger partial charge in [-0.2, -0.15) is 0 Å². The predicted octanol–water partition coefficient (Wildman–Crippen LogP) is 3.99. The van der Waals surface area contributed by atoms with Crippen molar-refractivity contribution in [3.63, 3.8) is 0 Å². The van der Waals surface area contributed by atoms with Crippen LogP contribution in [0.5, 0.6) is 0 Å². The first-order chi connectivity index (χ1) is 9.11. The number of hydrogen-bond acceptors (Lipinski definition) is 4. The van der Waals surface area contributed by atoms with E-state index in [9.17, 15) is 0 Å². The van der Waals surface area contributed by atoms with Crippen LogP contribution in [-0.4, -0.2) is 16.5 Å². The number of thiophene rings is 1. The Balaban J connectivity index is 2.36. The number of nitrogens with zero attached hydrogens (tertiary/aromatic N) is 2. The van der Waals surface area contributed by atoms with Gasteiger partial charge in [0.2, 0.25) is 0 Å². The highest BCUT2D eigenvalue weighted by molar-refractivity contribution is 7.09. The number of hydrogen-bond donors (Lipinski definition) is 1. The monoisotopic (exact) mass is 275 g/mol. The average Bonchev–Trinajstić information content (AvgIpc) is 2.81. The summed E-state index contributed by atoms with van der Waals surface area (Å²) in [6.07, 6.45) is 0.815. The van der Waals surface area contributed by atoms with Crippen LogP contribution in [-0.2, 0) is 6.42 Å². The molecule has 0 fully saturated rings. The maximum atomic E-state index is 4.70. The first-order valence-corrected chi connectivity index (χ1v) is 7.63. The normalized spacial score (nSPS) is 11.0. The van der Waals surface area contributed by atoms with Gasteiger partial charge in [-0.25, -0.2) is 9.97 Å². The maximum Gasteiger partial charge on any atom is 0.136 e. The minimum atomic E-state index is 0.435. The second-order valence-corrected chi connectivity index (χ2v) is 5.96. The molecule has 2 heterocycles. The highest BCUT2D eigenvalue weighted by Gasteiger charge is 2.14. The zero-order valence-electron chi connectivity index (χ0n) is 12.0. The van der Waals surface area contributed by atoms with E-state index >= 15 is 0 Å². The highest BCUT2D eigenvalue weighted by atomic mass is 32.1. The summed E-state index contributed by atoms with van der Waals surface area (Å²) in [7, 11) is 0. The van der Waals surface area contributed by atoms with Gasteiger partial charge < -0.3 is 5.32 Å². The Morgan fingerprint density at radius 2 is 2.11 bits per heavy atom. The van der Waals surface area contributed by atoms with Gasteiger partial charge in [-0.1, -0.05) is 19.9 Å². The molecule has 2 aromatic rings. The Bertz CT molecular complexity index is 533. The summed E-state index contributed by atoms with van der Waals surface area (Å²) >= 11 is 1.75. The fourth-order valence-electron chi connectivity index (χ4n) is 2.28. The summed E-state index contributed by atoms with van der Waals surface area (Å²) in [6, 6.07) is 4.20. The van der Waals surface area contributed by atoms with Crippen molar-refractivity contribution in [1.82, 2.24) is 9.97 Å². The summed E-state index contributed by atoms with van der Waals surface area (Å²) in [4.78, 5) is 10.7. The van der Waals surface area contributed by atoms with Crippen molar-refractivity contribution in [2.24, 2.45) is 0 Å². The van der Waals surface area contributed by atoms with Crippen molar-refractivity contribution in [3.8, 4) is 0 Å². The molecule has 19 heavy (non-hydrogen) atoms. The third-order valence-electron chi connectivity index (χ3n) is 3.02. The average molecular weight is 275 g/mol. The van der Waals surface area contributed by atoms with E-state index in [4.69, 9.17) is 4.98 Å². The molecule has 0 saturated heterocycles. The molecule has 1 N–H and O–H groups in total. The first-order valence-electron chi connectivity index (χ1n) is 6.75. The van der Waals surface area contributed by atoms with Crippen molar-refractivity contribution >= 4 is 17.2 Å². The number of aryl methyl sites for hydroxylation is 1. The van der Waals surface area contributed by atoms with Gasteiger partial charge in [-0.15, -0.1) is 11.3 Å². The van der Waals surface area contributed by atoms with Gasteiger partial charge in [0.15, 0.2) is 0 Å². The van der Waals surface area contributed by atoms with E-state index in [0.29, 0.717) is 5.92 Å². The quantitative estimate of drug-likeness (QED) is 0.896. The molecule has 0 bridgehead atoms. The lowest BCUT2D eigenvalue weighted by molar-refractivity contribution is 0.812. The lowest BCUT2D eigenvalue weighted by Gasteiger charge is -2.16. The van der Waals surface area contributed by atoms with Crippen LogP contribution in [0.3, 0.4) is 0 Å². The van der Waals surface area contributed by atoms with E-state index in [-0.39, 0.29) is 0 Å². The lowest BCUT2D eigenvalue weighted by atomic mass is 10.0. The fraction of sp³-hybridized carbons (Fsp3) is 0.467. The molecule has 0 aromatic carbocycles. The summed E-state index contributed by atoms with van der Waals surface area (Å²) in [5, 5.41) is 5.46. The molecule has 0 saturated carbocycles. The van der Waals surface area contributed by atoms with Crippen LogP contribution >= 0.6 is 11.3 Å². The van der Waals surface area contributed by atoms with Crippen molar-refractivity contribution in [3.05, 3.63) is 39.5 Å². The van der Waals surface area contributed by atoms with Crippen molar-refractivity contribution in [1.29, 1.82) is 0 Å². The van der Waals surface area contributed by atoms with Crippen molar-refractivity contribution < 1.29 is 0 Å². The second-order valence-electron chi connectivity index (χ2n) is 4.93. The standard InChI is InChI=1S/C15H21N3S/c1-5-16-15-14(10(2)3)11(4)17-13(18-15)9-12-7-6-8-19-12/h6-8,10H,5,9H2,1-4H3,(H,16,17,18). The maximum absolute atomic E-state index is 4.70. The third-order valence-corrected chi connectivity index (χ3v) is 3.89. The van der Waals surface area contributed by atoms with E-state index in [1.54, 1.807) is 11.3 Å². The molecular weight excluding hydrogens is 254 g/mol. The van der Waals surface area contributed by atoms with Gasteiger partial charge in [-0.05, 0) is 31.2 Å². The van der Waals surface area contributed by atoms with E-state index in [2.05, 4.69) is 55.5 Å². The van der Waals surface area contributed by atoms with Crippen LogP contribution in [0.4, 0.5) is 5.82 Å². The van der Waals surface area contributed by atoms with Gasteiger partial charge in [-0.3, -0.25) is 0 Å². The van der Waals surface area contributed by atoms with E-state index < -0.39 is 0 Å². The smallest absolute Gasteiger partial charge is 0.136 e. The van der Waals surface area contributed by atoms with Crippen molar-refractivity contribution in [2.45, 2.75) is 40.0 Å². The molecule has 0 radical (unpaired) electrons. The zero-order valence-corrected chi connectivity index (χ0v) is 12.8. The number of rotatable bonds is 5. The summed E-state index contributed by atoms with van der Waals surface area (Å²) in [6.45, 7) is 9.43. The SMILES string of the molecule is CCNc1nc(Cc2cccs2)nc(C)c1C(C)C. The number of aromatic nitrogens is 2. The molecule has 2 aromatic heterocycles. The molecular formula is C15H21N3S. The van der Waals surface area contributed by atoms with E-state index in [1.165, 1.54) is 10.4 Å². The molecule has 2 rings (SSSR count). The summed E-state index contributed by atoms with van der Waals surface area (Å²) < 4.78 is 0. The first kappa shape index (κ1) is 14.0. The topological polar surface area (TPSA) is 37.8 Å². The van der Waals surface area contributed by atoms with Gasteiger partial charge >= 0.3 is 0 Å². The molecule has 0 atom stereocenters. The Morgan fingerprint density at radius 1 is 1.32 bits per heavy atom. The van der Waals surface area contributed by atoms with Gasteiger partial charge in [0.1, 0.15) is 11.6 Å². The number of anilines is 1. The Labute approximate surface area is 119 Å². The molecule has 0 spiro atoms. The highest BCUT2D eigenvalue weighted by Crippen LogP contribution is 2.26. The van der Waals surface area contributed by atoms with E-state index in [0.717, 1.165) is 30.3 Å². The molecule has 102 valence electrons. The zero-order chi connectivity index (χ0) is 13.8. The van der Waals surface area contributed by atoms with Crippen LogP contribution < -0.4 is 5.32 Å². The molecule has 0 aliphatic rings. The Kier molecular flexibility index (Phi) is 4.53. The number of nitrogens with one attached hydrogen (secondary N) is 1. The Hall–Kier alpha value is -1.42. The fourth-order valence-corrected chi connectivity index (χ4v) is 2.98. The van der Waals surface area contributed by atoms with Crippen LogP contribution in [0.25, 0.3) is 0 Å². The minimum absolute atomic E-state index is 0.435. The van der Waals surface area contributed by atoms with Gasteiger partial charge in [0, 0.05) is 29.1 Å². The molecule has 0 aliphatic carbocycles. The molecule has 3 nitrogen and oxygen atoms in total. The third kappa shape index (κ3) is 3.32. The molecule has 0 unspecified atom stereocenters. The predicted molar refractivity (Wildman–Crippen MR) is 82.1 cm³/mol. The van der Waals surface area contributed by atoms with Crippen LogP contribution in [0.2, 0.25) is 0 Å². The lowest BCUT2D eigenvalue weighted by Crippen LogP contribution is -2.11. The molecule has 0 aliphatic heterocycles. The van der Waals surface area contributed by atoms with Gasteiger partial charge in [0.25, 0.3) is 0 Å². The van der Waals surface area contributed by atoms with Gasteiger partial charge in [0.05, 0.1) is 0 Å². The van der Waals surface area contributed by atoms with Crippen LogP contribution in [0, 0.1) is 6.92 Å². The van der Waals surface area contributed by atoms with Crippen LogP contribution in [0.15, 0.2) is 17.5 Å². The van der Waals surface area contributed by atoms with E-state index in [1.807, 2.05) is 0 Å². The van der Waals surface area contributed by atoms with Crippen LogP contribution in [0.1, 0.15) is 48.6 Å². The van der Waals surface area contributed by atoms with Crippen molar-refractivity contribution in [2.75, 3.05) is 11.9 Å². The summed E-state index contributed by atoms with van der Waals surface area (Å²) in [5.74, 6) is 2.33. The largest absolute Gasteiger partial charge is 0.370 e. The molecule has 4 heteroatoms. The minimum Gasteiger partial charge on any atom is -0.370 e. The Morgan fingerprint density at radius 3 is 2.68 bits per heavy atom. The summed E-state index contributed by atoms with van der Waals surface area (Å²) in [5.41, 5.74) is 2.32.